The summed E-state index contributed by atoms with van der Waals surface area (Å²) in [6.07, 6.45) is 0. The van der Waals surface area contributed by atoms with Crippen molar-refractivity contribution in [2.45, 2.75) is 25.3 Å². The molecule has 26 heavy (non-hydrogen) atoms. The molecule has 3 rings (SSSR count). The number of rotatable bonds is 5. The van der Waals surface area contributed by atoms with Crippen molar-refractivity contribution in [3.8, 4) is 0 Å². The van der Waals surface area contributed by atoms with Gasteiger partial charge in [0, 0.05) is 5.02 Å². The first-order valence-electron chi connectivity index (χ1n) is 8.28. The highest BCUT2D eigenvalue weighted by molar-refractivity contribution is 7.92. The number of benzene rings is 3. The number of aryl methyl sites for hydroxylation is 1. The molecule has 3 aromatic carbocycles. The Morgan fingerprint density at radius 2 is 1.50 bits per heavy atom. The molecular formula is C21H20ClNO2S. The average molecular weight is 386 g/mol. The van der Waals surface area contributed by atoms with Crippen LogP contribution < -0.4 is 4.31 Å². The third-order valence-corrected chi connectivity index (χ3v) is 6.44. The van der Waals surface area contributed by atoms with E-state index >= 15 is 0 Å². The molecule has 0 heterocycles. The van der Waals surface area contributed by atoms with E-state index in [9.17, 15) is 8.42 Å². The average Bonchev–Trinajstić information content (AvgIpc) is 2.64. The van der Waals surface area contributed by atoms with Crippen molar-refractivity contribution in [3.63, 3.8) is 0 Å². The van der Waals surface area contributed by atoms with Gasteiger partial charge in [0.15, 0.2) is 0 Å². The van der Waals surface area contributed by atoms with Gasteiger partial charge in [-0.1, -0.05) is 54.1 Å². The smallest absolute Gasteiger partial charge is 0.262 e. The summed E-state index contributed by atoms with van der Waals surface area (Å²) in [6, 6.07) is 21.5. The van der Waals surface area contributed by atoms with Crippen molar-refractivity contribution in [2.75, 3.05) is 4.31 Å². The molecule has 0 saturated carbocycles. The summed E-state index contributed by atoms with van der Waals surface area (Å²) in [5.41, 5.74) is 3.55. The molecule has 0 aliphatic rings. The van der Waals surface area contributed by atoms with E-state index in [1.165, 1.54) is 4.31 Å². The van der Waals surface area contributed by atoms with Crippen LogP contribution in [-0.2, 0) is 16.6 Å². The van der Waals surface area contributed by atoms with Crippen LogP contribution >= 0.6 is 11.6 Å². The van der Waals surface area contributed by atoms with Crippen LogP contribution in [0.3, 0.4) is 0 Å². The Kier molecular flexibility index (Phi) is 5.35. The molecule has 0 saturated heterocycles. The number of hydrogen-bond donors (Lipinski definition) is 0. The van der Waals surface area contributed by atoms with Crippen molar-refractivity contribution < 1.29 is 8.42 Å². The fraction of sp³-hybridized carbons (Fsp3) is 0.143. The Labute approximate surface area is 159 Å². The molecule has 134 valence electrons. The SMILES string of the molecule is Cc1cccc(N(Cc2ccc(Cl)cc2)S(=O)(=O)c2ccccc2)c1C. The minimum atomic E-state index is -3.70. The minimum absolute atomic E-state index is 0.235. The zero-order chi connectivity index (χ0) is 18.7. The molecule has 0 aliphatic heterocycles. The highest BCUT2D eigenvalue weighted by Crippen LogP contribution is 2.30. The second-order valence-electron chi connectivity index (χ2n) is 6.17. The Morgan fingerprint density at radius 3 is 2.15 bits per heavy atom. The largest absolute Gasteiger partial charge is 0.264 e. The van der Waals surface area contributed by atoms with Gasteiger partial charge < -0.3 is 0 Å². The van der Waals surface area contributed by atoms with E-state index in [0.29, 0.717) is 10.7 Å². The zero-order valence-electron chi connectivity index (χ0n) is 14.7. The van der Waals surface area contributed by atoms with E-state index in [2.05, 4.69) is 0 Å². The van der Waals surface area contributed by atoms with E-state index in [1.807, 2.05) is 44.2 Å². The number of hydrogen-bond acceptors (Lipinski definition) is 2. The minimum Gasteiger partial charge on any atom is -0.262 e. The molecule has 0 unspecified atom stereocenters. The van der Waals surface area contributed by atoms with Crippen LogP contribution in [0, 0.1) is 13.8 Å². The highest BCUT2D eigenvalue weighted by atomic mass is 35.5. The van der Waals surface area contributed by atoms with Crippen LogP contribution in [0.5, 0.6) is 0 Å². The molecule has 0 bridgehead atoms. The van der Waals surface area contributed by atoms with Crippen LogP contribution in [0.25, 0.3) is 0 Å². The van der Waals surface area contributed by atoms with Crippen molar-refractivity contribution in [3.05, 3.63) is 94.5 Å². The van der Waals surface area contributed by atoms with Gasteiger partial charge in [-0.05, 0) is 60.9 Å². The lowest BCUT2D eigenvalue weighted by molar-refractivity contribution is 0.590. The van der Waals surface area contributed by atoms with Gasteiger partial charge in [-0.15, -0.1) is 0 Å². The van der Waals surface area contributed by atoms with Gasteiger partial charge in [0.1, 0.15) is 0 Å². The van der Waals surface area contributed by atoms with Crippen LogP contribution in [0.15, 0.2) is 77.7 Å². The predicted octanol–water partition coefficient (Wildman–Crippen LogP) is 5.35. The second-order valence-corrected chi connectivity index (χ2v) is 8.47. The molecular weight excluding hydrogens is 366 g/mol. The summed E-state index contributed by atoms with van der Waals surface area (Å²) in [6.45, 7) is 4.16. The first-order valence-corrected chi connectivity index (χ1v) is 10.1. The lowest BCUT2D eigenvalue weighted by Crippen LogP contribution is -2.31. The van der Waals surface area contributed by atoms with E-state index in [0.717, 1.165) is 16.7 Å². The highest BCUT2D eigenvalue weighted by Gasteiger charge is 2.26. The normalized spacial score (nSPS) is 11.3. The van der Waals surface area contributed by atoms with Crippen molar-refractivity contribution in [1.29, 1.82) is 0 Å². The van der Waals surface area contributed by atoms with E-state index in [4.69, 9.17) is 11.6 Å². The molecule has 5 heteroatoms. The van der Waals surface area contributed by atoms with Crippen LogP contribution in [0.1, 0.15) is 16.7 Å². The first kappa shape index (κ1) is 18.5. The number of nitrogens with zero attached hydrogens (tertiary/aromatic N) is 1. The standard InChI is InChI=1S/C21H20ClNO2S/c1-16-7-6-10-21(17(16)2)23(15-18-11-13-19(22)14-12-18)26(24,25)20-8-4-3-5-9-20/h3-14H,15H2,1-2H3. The van der Waals surface area contributed by atoms with Gasteiger partial charge in [-0.25, -0.2) is 8.42 Å². The maximum absolute atomic E-state index is 13.4. The molecule has 3 aromatic rings. The van der Waals surface area contributed by atoms with Crippen LogP contribution in [0.4, 0.5) is 5.69 Å². The third kappa shape index (κ3) is 3.76. The molecule has 0 aromatic heterocycles. The Hall–Kier alpha value is -2.30. The summed E-state index contributed by atoms with van der Waals surface area (Å²) in [5.74, 6) is 0. The number of halogens is 1. The van der Waals surface area contributed by atoms with Gasteiger partial charge in [-0.3, -0.25) is 4.31 Å². The zero-order valence-corrected chi connectivity index (χ0v) is 16.3. The molecule has 0 atom stereocenters. The van der Waals surface area contributed by atoms with Crippen molar-refractivity contribution >= 4 is 27.3 Å². The third-order valence-electron chi connectivity index (χ3n) is 4.42. The summed E-state index contributed by atoms with van der Waals surface area (Å²) >= 11 is 5.97. The van der Waals surface area contributed by atoms with E-state index in [-0.39, 0.29) is 11.4 Å². The lowest BCUT2D eigenvalue weighted by Gasteiger charge is -2.27. The fourth-order valence-electron chi connectivity index (χ4n) is 2.78. The fourth-order valence-corrected chi connectivity index (χ4v) is 4.44. The number of sulfonamides is 1. The quantitative estimate of drug-likeness (QED) is 0.593. The Balaban J connectivity index is 2.13. The Bertz CT molecular complexity index is 1000. The summed E-state index contributed by atoms with van der Waals surface area (Å²) in [7, 11) is -3.70. The van der Waals surface area contributed by atoms with Gasteiger partial charge in [0.05, 0.1) is 17.1 Å². The molecule has 0 amide bonds. The van der Waals surface area contributed by atoms with Gasteiger partial charge in [0.25, 0.3) is 10.0 Å². The van der Waals surface area contributed by atoms with Crippen molar-refractivity contribution in [2.24, 2.45) is 0 Å². The summed E-state index contributed by atoms with van der Waals surface area (Å²) in [5, 5.41) is 0.623. The predicted molar refractivity (Wildman–Crippen MR) is 107 cm³/mol. The molecule has 0 aliphatic carbocycles. The monoisotopic (exact) mass is 385 g/mol. The molecule has 0 N–H and O–H groups in total. The van der Waals surface area contributed by atoms with E-state index in [1.54, 1.807) is 42.5 Å². The van der Waals surface area contributed by atoms with Gasteiger partial charge >= 0.3 is 0 Å². The molecule has 3 nitrogen and oxygen atoms in total. The summed E-state index contributed by atoms with van der Waals surface area (Å²) < 4.78 is 28.2. The topological polar surface area (TPSA) is 37.4 Å². The molecule has 0 spiro atoms. The van der Waals surface area contributed by atoms with Crippen LogP contribution in [0.2, 0.25) is 5.02 Å². The van der Waals surface area contributed by atoms with Gasteiger partial charge in [-0.2, -0.15) is 0 Å². The van der Waals surface area contributed by atoms with Crippen LogP contribution in [-0.4, -0.2) is 8.42 Å². The molecule has 0 fully saturated rings. The maximum atomic E-state index is 13.4. The van der Waals surface area contributed by atoms with Gasteiger partial charge in [0.2, 0.25) is 0 Å². The maximum Gasteiger partial charge on any atom is 0.264 e. The number of anilines is 1. The first-order chi connectivity index (χ1) is 12.4. The van der Waals surface area contributed by atoms with E-state index < -0.39 is 10.0 Å². The van der Waals surface area contributed by atoms with Crippen molar-refractivity contribution in [1.82, 2.24) is 0 Å². The molecule has 0 radical (unpaired) electrons. The Morgan fingerprint density at radius 1 is 0.846 bits per heavy atom. The summed E-state index contributed by atoms with van der Waals surface area (Å²) in [4.78, 5) is 0.273. The lowest BCUT2D eigenvalue weighted by atomic mass is 10.1. The second kappa shape index (κ2) is 7.52.